The van der Waals surface area contributed by atoms with Crippen LogP contribution in [-0.2, 0) is 77.8 Å². The molecule has 7 aromatic rings. The number of rotatable bonds is 14. The molecule has 1 aromatic heterocycles. The zero-order valence-corrected chi connectivity index (χ0v) is 59.0. The Kier molecular flexibility index (Phi) is 29.4. The predicted octanol–water partition coefficient (Wildman–Crippen LogP) is -15.6. The zero-order valence-electron chi connectivity index (χ0n) is 40.4. The smallest absolute Gasteiger partial charge is 0.871 e. The second-order valence-electron chi connectivity index (χ2n) is 14.0. The molecule has 0 unspecified atom stereocenters. The molecule has 0 aliphatic heterocycles. The van der Waals surface area contributed by atoms with Gasteiger partial charge in [-0.15, -0.1) is 10.2 Å². The molecule has 0 saturated carbocycles. The zero-order chi connectivity index (χ0) is 53.3. The first-order valence-corrected chi connectivity index (χ1v) is 27.0. The molecule has 30 nitrogen and oxygen atoms in total. The van der Waals surface area contributed by atoms with Gasteiger partial charge in [-0.2, -0.15) is 25.2 Å². The minimum absolute atomic E-state index is 0. The van der Waals surface area contributed by atoms with Crippen LogP contribution in [0.1, 0.15) is 0 Å². The summed E-state index contributed by atoms with van der Waals surface area (Å²) in [4.78, 5) is 3.53. The van der Waals surface area contributed by atoms with Gasteiger partial charge in [-0.3, -0.25) is 0 Å². The summed E-state index contributed by atoms with van der Waals surface area (Å²) in [5.74, 6) is -5.41. The third-order valence-electron chi connectivity index (χ3n) is 9.27. The third-order valence-corrected chi connectivity index (χ3v) is 14.5. The molecule has 44 heteroatoms. The first kappa shape index (κ1) is 78.3. The molecule has 1 heterocycles. The average molecular weight is 1330 g/mol. The Morgan fingerprint density at radius 2 is 0.949 bits per heavy atom. The number of aromatic hydroxyl groups is 1. The number of azo groups is 2. The van der Waals surface area contributed by atoms with Gasteiger partial charge in [-0.25, -0.2) is 50.5 Å². The van der Waals surface area contributed by atoms with Gasteiger partial charge in [0.2, 0.25) is 17.2 Å². The normalized spacial score (nSPS) is 11.9. The fraction of sp³-hybridized carbons (Fsp3) is 0. The van der Waals surface area contributed by atoms with Crippen LogP contribution in [0.25, 0.3) is 21.5 Å². The van der Waals surface area contributed by atoms with Gasteiger partial charge in [-0.1, -0.05) is 29.7 Å². The van der Waals surface area contributed by atoms with Crippen molar-refractivity contribution in [3.63, 3.8) is 0 Å². The van der Waals surface area contributed by atoms with Crippen molar-refractivity contribution in [1.82, 2.24) is 15.0 Å². The molecule has 0 atom stereocenters. The van der Waals surface area contributed by atoms with E-state index in [1.165, 1.54) is 12.1 Å². The van der Waals surface area contributed by atoms with Crippen LogP contribution < -0.4 is 198 Å². The van der Waals surface area contributed by atoms with E-state index >= 15 is 0 Å². The van der Waals surface area contributed by atoms with Crippen molar-refractivity contribution in [2.75, 3.05) is 10.6 Å². The topological polar surface area (TPSA) is 522 Å². The summed E-state index contributed by atoms with van der Waals surface area (Å²) in [6, 6.07) is 8.76. The molecule has 387 valence electrons. The van der Waals surface area contributed by atoms with Crippen molar-refractivity contribution in [2.24, 2.45) is 20.5 Å². The molecule has 0 aliphatic carbocycles. The molecular formula is C35H16ClCuN9Na6O21S6. The average Bonchev–Trinajstić information content (AvgIpc) is 3.23. The van der Waals surface area contributed by atoms with Crippen LogP contribution in [0.3, 0.4) is 0 Å². The maximum Gasteiger partial charge on any atom is 2.00 e. The van der Waals surface area contributed by atoms with E-state index in [0.29, 0.717) is 18.2 Å². The van der Waals surface area contributed by atoms with Crippen LogP contribution in [0.2, 0.25) is 5.28 Å². The largest absolute Gasteiger partial charge is 2.00 e. The number of nitrogens with one attached hydrogen (secondary N) is 2. The summed E-state index contributed by atoms with van der Waals surface area (Å²) < 4.78 is 217. The Labute approximate surface area is 594 Å². The minimum atomic E-state index is -5.93. The molecule has 6 aromatic carbocycles. The Balaban J connectivity index is 0.00000869. The Morgan fingerprint density at radius 1 is 0.468 bits per heavy atom. The van der Waals surface area contributed by atoms with Crippen LogP contribution in [-0.4, -0.2) is 97.9 Å². The Hall–Kier alpha value is -0.681. The molecule has 0 aliphatic rings. The van der Waals surface area contributed by atoms with Gasteiger partial charge in [0.15, 0.2) is 5.75 Å². The standard InChI is InChI=1S/C35H24ClN9O21S6.Cu.6Na/c36-33-39-34(37-15-2-1-3-18(9-15)67(49,50)51)41-35(40-33)38-16-8-17(11-20(10-16)69(55,56)57)42-44-29-26(72(64,65)66)13-22-21(31(29)47)4-5-23(46)28(22)43-45-30-25(71(61,62)63)7-14-6-19(68(52,53)54)12-24(70(58,59)60)27(14)32(30)48;;;;;;;/h1-13,46-48H,(H,49,50,51)(H,52,53,54)(H,55,56,57)(H,58,59,60)(H,61,62,63)(H,64,65,66)(H2,37,38,39,40,41);;;;;;;/q;+2;6*+1/p-8. The van der Waals surface area contributed by atoms with Gasteiger partial charge >= 0.3 is 194 Å². The van der Waals surface area contributed by atoms with E-state index in [2.05, 4.69) is 46.0 Å². The fourth-order valence-corrected chi connectivity index (χ4v) is 10.2. The number of anilines is 4. The van der Waals surface area contributed by atoms with E-state index < -0.39 is 169 Å². The van der Waals surface area contributed by atoms with E-state index in [-0.39, 0.29) is 224 Å². The van der Waals surface area contributed by atoms with Gasteiger partial charge in [0.25, 0.3) is 0 Å². The van der Waals surface area contributed by atoms with E-state index in [1.54, 1.807) is 0 Å². The summed E-state index contributed by atoms with van der Waals surface area (Å²) in [5, 5.41) is 52.7. The van der Waals surface area contributed by atoms with Crippen molar-refractivity contribution in [3.05, 3.63) is 84.1 Å². The van der Waals surface area contributed by atoms with E-state index in [0.717, 1.165) is 30.3 Å². The predicted molar refractivity (Wildman–Crippen MR) is 229 cm³/mol. The molecule has 0 saturated heterocycles. The monoisotopic (exact) mass is 1330 g/mol. The molecule has 0 amide bonds. The number of nitrogens with zero attached hydrogens (tertiary/aromatic N) is 7. The number of aromatic nitrogens is 3. The second kappa shape index (κ2) is 29.6. The number of hydrogen-bond donors (Lipinski definition) is 3. The van der Waals surface area contributed by atoms with Crippen LogP contribution in [0.5, 0.6) is 17.2 Å². The molecular weight excluding hydrogens is 1310 g/mol. The summed E-state index contributed by atoms with van der Waals surface area (Å²) in [6.45, 7) is 0. The van der Waals surface area contributed by atoms with Crippen molar-refractivity contribution in [2.45, 2.75) is 29.4 Å². The molecule has 0 bridgehead atoms. The summed E-state index contributed by atoms with van der Waals surface area (Å²) in [6.07, 6.45) is 0. The summed E-state index contributed by atoms with van der Waals surface area (Å²) >= 11 is 6.00. The van der Waals surface area contributed by atoms with Crippen LogP contribution in [0.15, 0.2) is 129 Å². The first-order valence-electron chi connectivity index (χ1n) is 18.2. The SMILES string of the molecule is O=S(=O)([O-])c1cccc(Nc2nc(Cl)nc(Nc3cc(N=Nc4c(S(=O)(=O)[O-])cc5c(N=Nc6c(S(=O)(=O)[O-])cc7cc(S(=O)(=O)[O-])cc(S(=O)(=O)[O-])c7c6[O-])c([O-])ccc5c4O)cc(S(=O)(=O)[O-])c3)n2)c1.[Cu+2].[Na+].[Na+].[Na+].[Na+].[Na+].[Na+]. The maximum absolute atomic E-state index is 13.6. The summed E-state index contributed by atoms with van der Waals surface area (Å²) in [7, 11) is -33.6. The number of fused-ring (bicyclic) bond motifs is 2. The number of phenolic OH excluding ortho intramolecular Hbond substituents is 1. The summed E-state index contributed by atoms with van der Waals surface area (Å²) in [5.41, 5.74) is -5.06. The van der Waals surface area contributed by atoms with Gasteiger partial charge in [0.05, 0.1) is 46.4 Å². The Bertz CT molecular complexity index is 4320. The van der Waals surface area contributed by atoms with Crippen LogP contribution in [0.4, 0.5) is 46.0 Å². The minimum Gasteiger partial charge on any atom is -0.871 e. The van der Waals surface area contributed by atoms with E-state index in [1.807, 2.05) is 0 Å². The number of hydrogen-bond acceptors (Lipinski definition) is 30. The third kappa shape index (κ3) is 18.9. The van der Waals surface area contributed by atoms with Gasteiger partial charge < -0.3 is 53.3 Å². The van der Waals surface area contributed by atoms with E-state index in [9.17, 15) is 93.1 Å². The molecule has 1 radical (unpaired) electrons. The first-order chi connectivity index (χ1) is 33.1. The number of halogens is 1. The van der Waals surface area contributed by atoms with Gasteiger partial charge in [0, 0.05) is 22.1 Å². The van der Waals surface area contributed by atoms with Crippen molar-refractivity contribution >= 4 is 140 Å². The molecule has 0 spiro atoms. The van der Waals surface area contributed by atoms with Crippen molar-refractivity contribution in [3.8, 4) is 17.2 Å². The number of phenols is 1. The van der Waals surface area contributed by atoms with Gasteiger partial charge in [0.1, 0.15) is 66.4 Å². The van der Waals surface area contributed by atoms with Crippen molar-refractivity contribution in [1.29, 1.82) is 0 Å². The molecule has 7 rings (SSSR count). The molecule has 0 fully saturated rings. The van der Waals surface area contributed by atoms with Crippen LogP contribution in [0, 0.1) is 0 Å². The second-order valence-corrected chi connectivity index (χ2v) is 22.5. The van der Waals surface area contributed by atoms with E-state index in [4.69, 9.17) is 11.6 Å². The molecule has 79 heavy (non-hydrogen) atoms. The van der Waals surface area contributed by atoms with Gasteiger partial charge in [-0.05, 0) is 83.0 Å². The fourth-order valence-electron chi connectivity index (χ4n) is 6.32. The Morgan fingerprint density at radius 3 is 1.48 bits per heavy atom. The maximum atomic E-state index is 13.6. The number of benzene rings is 6. The molecule has 3 N–H and O–H groups in total. The van der Waals surface area contributed by atoms with Crippen molar-refractivity contribution < 1.29 is 288 Å². The quantitative estimate of drug-likeness (QED) is 0.0517. The van der Waals surface area contributed by atoms with Crippen LogP contribution >= 0.6 is 11.6 Å².